The second-order valence-corrected chi connectivity index (χ2v) is 9.67. The molecule has 0 spiro atoms. The predicted molar refractivity (Wildman–Crippen MR) is 137 cm³/mol. The Kier molecular flexibility index (Phi) is 9.75. The summed E-state index contributed by atoms with van der Waals surface area (Å²) in [6.07, 6.45) is 13.8. The first-order valence-corrected chi connectivity index (χ1v) is 12.7. The molecule has 0 aromatic heterocycles. The zero-order chi connectivity index (χ0) is 23.6. The molecule has 0 radical (unpaired) electrons. The van der Waals surface area contributed by atoms with Crippen molar-refractivity contribution in [2.45, 2.75) is 84.0 Å². The molecule has 0 bridgehead atoms. The number of aliphatic hydroxyl groups is 1. The molecule has 3 heteroatoms. The Bertz CT molecular complexity index is 905. The first kappa shape index (κ1) is 25.2. The fourth-order valence-electron chi connectivity index (χ4n) is 5.02. The van der Waals surface area contributed by atoms with E-state index in [4.69, 9.17) is 9.84 Å². The van der Waals surface area contributed by atoms with Crippen LogP contribution in [0.15, 0.2) is 54.6 Å². The highest BCUT2D eigenvalue weighted by molar-refractivity contribution is 5.89. The number of aryl methyl sites for hydroxylation is 1. The van der Waals surface area contributed by atoms with E-state index in [2.05, 4.69) is 37.8 Å². The normalized spacial score (nSPS) is 18.2. The summed E-state index contributed by atoms with van der Waals surface area (Å²) in [6.45, 7) is 7.41. The second kappa shape index (κ2) is 12.7. The Balaban J connectivity index is 1.53. The van der Waals surface area contributed by atoms with Crippen LogP contribution in [0.25, 0.3) is 11.1 Å². The van der Waals surface area contributed by atoms with Crippen molar-refractivity contribution < 1.29 is 14.6 Å². The quantitative estimate of drug-likeness (QED) is 0.165. The number of carbonyl (C=O) groups is 1. The smallest absolute Gasteiger partial charge is 0.341 e. The third kappa shape index (κ3) is 7.30. The van der Waals surface area contributed by atoms with Crippen LogP contribution in [-0.4, -0.2) is 17.7 Å². The van der Waals surface area contributed by atoms with E-state index in [0.29, 0.717) is 11.7 Å². The van der Waals surface area contributed by atoms with Crippen LogP contribution < -0.4 is 4.74 Å². The van der Waals surface area contributed by atoms with Gasteiger partial charge in [-0.25, -0.2) is 4.79 Å². The highest BCUT2D eigenvalue weighted by Gasteiger charge is 2.22. The van der Waals surface area contributed by atoms with Crippen molar-refractivity contribution in [3.05, 3.63) is 65.7 Å². The Morgan fingerprint density at radius 1 is 1.00 bits per heavy atom. The summed E-state index contributed by atoms with van der Waals surface area (Å²) in [5.41, 5.74) is 4.87. The molecule has 178 valence electrons. The summed E-state index contributed by atoms with van der Waals surface area (Å²) < 4.78 is 5.29. The summed E-state index contributed by atoms with van der Waals surface area (Å²) in [5, 5.41) is 9.02. The van der Waals surface area contributed by atoms with E-state index in [-0.39, 0.29) is 5.57 Å². The Labute approximate surface area is 199 Å². The molecule has 3 rings (SSSR count). The zero-order valence-electron chi connectivity index (χ0n) is 20.4. The van der Waals surface area contributed by atoms with Gasteiger partial charge in [-0.15, -0.1) is 0 Å². The van der Waals surface area contributed by atoms with Crippen LogP contribution in [0.4, 0.5) is 0 Å². The SMILES string of the molecule is C=C(CO)C(=O)Oc1ccc(-c2ccc(C3CCC(CCCCCCC)CC3)cc2)c(C)c1. The average Bonchev–Trinajstić information content (AvgIpc) is 2.84. The van der Waals surface area contributed by atoms with Gasteiger partial charge in [-0.05, 0) is 78.8 Å². The predicted octanol–water partition coefficient (Wildman–Crippen LogP) is 7.75. The van der Waals surface area contributed by atoms with E-state index in [1.165, 1.54) is 75.3 Å². The molecular weight excluding hydrogens is 408 g/mol. The van der Waals surface area contributed by atoms with Gasteiger partial charge in [0, 0.05) is 0 Å². The molecule has 3 nitrogen and oxygen atoms in total. The van der Waals surface area contributed by atoms with Crippen LogP contribution in [0.1, 0.15) is 88.2 Å². The lowest BCUT2D eigenvalue weighted by atomic mass is 9.77. The van der Waals surface area contributed by atoms with Crippen LogP contribution in [0.3, 0.4) is 0 Å². The van der Waals surface area contributed by atoms with E-state index in [1.807, 2.05) is 19.1 Å². The third-order valence-corrected chi connectivity index (χ3v) is 7.14. The minimum Gasteiger partial charge on any atom is -0.423 e. The van der Waals surface area contributed by atoms with Gasteiger partial charge in [-0.3, -0.25) is 0 Å². The maximum atomic E-state index is 11.8. The van der Waals surface area contributed by atoms with E-state index in [9.17, 15) is 4.79 Å². The van der Waals surface area contributed by atoms with Gasteiger partial charge in [0.25, 0.3) is 0 Å². The van der Waals surface area contributed by atoms with Gasteiger partial charge in [0.05, 0.1) is 12.2 Å². The topological polar surface area (TPSA) is 46.5 Å². The molecule has 0 unspecified atom stereocenters. The molecule has 0 saturated heterocycles. The molecular formula is C30H40O3. The largest absolute Gasteiger partial charge is 0.423 e. The van der Waals surface area contributed by atoms with Gasteiger partial charge in [0.15, 0.2) is 0 Å². The molecule has 1 fully saturated rings. The highest BCUT2D eigenvalue weighted by atomic mass is 16.5. The number of rotatable bonds is 11. The average molecular weight is 449 g/mol. The number of aliphatic hydroxyl groups excluding tert-OH is 1. The van der Waals surface area contributed by atoms with E-state index < -0.39 is 12.6 Å². The molecule has 0 aliphatic heterocycles. The van der Waals surface area contributed by atoms with Crippen molar-refractivity contribution in [3.63, 3.8) is 0 Å². The van der Waals surface area contributed by atoms with Crippen LogP contribution >= 0.6 is 0 Å². The first-order valence-electron chi connectivity index (χ1n) is 12.7. The van der Waals surface area contributed by atoms with Gasteiger partial charge in [-0.2, -0.15) is 0 Å². The molecule has 1 aliphatic carbocycles. The fourth-order valence-corrected chi connectivity index (χ4v) is 5.02. The maximum Gasteiger partial charge on any atom is 0.341 e. The van der Waals surface area contributed by atoms with Crippen molar-refractivity contribution in [1.82, 2.24) is 0 Å². The lowest BCUT2D eigenvalue weighted by Gasteiger charge is -2.29. The van der Waals surface area contributed by atoms with Crippen LogP contribution in [0, 0.1) is 12.8 Å². The molecule has 1 saturated carbocycles. The number of unbranched alkanes of at least 4 members (excludes halogenated alkanes) is 4. The number of benzene rings is 2. The molecule has 2 aromatic rings. The van der Waals surface area contributed by atoms with Crippen molar-refractivity contribution in [2.24, 2.45) is 5.92 Å². The van der Waals surface area contributed by atoms with Gasteiger partial charge < -0.3 is 9.84 Å². The summed E-state index contributed by atoms with van der Waals surface area (Å²) in [5.74, 6) is 1.50. The van der Waals surface area contributed by atoms with Crippen molar-refractivity contribution in [2.75, 3.05) is 6.61 Å². The highest BCUT2D eigenvalue weighted by Crippen LogP contribution is 2.38. The molecule has 1 aliphatic rings. The molecule has 2 aromatic carbocycles. The Morgan fingerprint density at radius 3 is 2.33 bits per heavy atom. The lowest BCUT2D eigenvalue weighted by Crippen LogP contribution is -2.13. The molecule has 33 heavy (non-hydrogen) atoms. The van der Waals surface area contributed by atoms with Crippen LogP contribution in [-0.2, 0) is 4.79 Å². The number of esters is 1. The van der Waals surface area contributed by atoms with Crippen LogP contribution in [0.5, 0.6) is 5.75 Å². The van der Waals surface area contributed by atoms with Crippen molar-refractivity contribution in [3.8, 4) is 16.9 Å². The lowest BCUT2D eigenvalue weighted by molar-refractivity contribution is -0.130. The number of carbonyl (C=O) groups excluding carboxylic acids is 1. The minimum absolute atomic E-state index is 0.0494. The number of ether oxygens (including phenoxy) is 1. The number of hydrogen-bond donors (Lipinski definition) is 1. The van der Waals surface area contributed by atoms with Gasteiger partial charge >= 0.3 is 5.97 Å². The third-order valence-electron chi connectivity index (χ3n) is 7.14. The summed E-state index contributed by atoms with van der Waals surface area (Å²) in [7, 11) is 0. The second-order valence-electron chi connectivity index (χ2n) is 9.67. The first-order chi connectivity index (χ1) is 16.0. The zero-order valence-corrected chi connectivity index (χ0v) is 20.4. The standard InChI is InChI=1S/C30H40O3/c1-4-5-6-7-8-9-24-10-12-25(13-11-24)26-14-16-27(17-15-26)29-19-18-28(20-22(29)2)33-30(32)23(3)21-31/h14-20,24-25,31H,3-13,21H2,1-2H3. The minimum atomic E-state index is -0.597. The molecule has 1 N–H and O–H groups in total. The maximum absolute atomic E-state index is 11.8. The van der Waals surface area contributed by atoms with E-state index in [1.54, 1.807) is 6.07 Å². The van der Waals surface area contributed by atoms with E-state index in [0.717, 1.165) is 17.0 Å². The van der Waals surface area contributed by atoms with Gasteiger partial charge in [-0.1, -0.05) is 82.4 Å². The van der Waals surface area contributed by atoms with Gasteiger partial charge in [0.2, 0.25) is 0 Å². The van der Waals surface area contributed by atoms with E-state index >= 15 is 0 Å². The molecule has 0 amide bonds. The summed E-state index contributed by atoms with van der Waals surface area (Å²) in [4.78, 5) is 11.8. The fraction of sp³-hybridized carbons (Fsp3) is 0.500. The van der Waals surface area contributed by atoms with Crippen LogP contribution in [0.2, 0.25) is 0 Å². The summed E-state index contributed by atoms with van der Waals surface area (Å²) >= 11 is 0. The Morgan fingerprint density at radius 2 is 1.70 bits per heavy atom. The van der Waals surface area contributed by atoms with Crippen molar-refractivity contribution in [1.29, 1.82) is 0 Å². The van der Waals surface area contributed by atoms with Gasteiger partial charge in [0.1, 0.15) is 5.75 Å². The summed E-state index contributed by atoms with van der Waals surface area (Å²) in [6, 6.07) is 14.7. The molecule has 0 atom stereocenters. The van der Waals surface area contributed by atoms with Crippen molar-refractivity contribution >= 4 is 5.97 Å². The monoisotopic (exact) mass is 448 g/mol. The Hall–Kier alpha value is -2.39. The number of hydrogen-bond acceptors (Lipinski definition) is 3. The molecule has 0 heterocycles.